The Morgan fingerprint density at radius 1 is 0.946 bits per heavy atom. The maximum absolute atomic E-state index is 12.5. The van der Waals surface area contributed by atoms with E-state index in [4.69, 9.17) is 8.83 Å². The van der Waals surface area contributed by atoms with Crippen molar-refractivity contribution in [1.29, 1.82) is 0 Å². The van der Waals surface area contributed by atoms with Crippen molar-refractivity contribution >= 4 is 49.8 Å². The van der Waals surface area contributed by atoms with Gasteiger partial charge >= 0.3 is 0 Å². The maximum Gasteiger partial charge on any atom is 0.263 e. The molecular weight excluding hydrogens is 538 g/mol. The number of rotatable bonds is 9. The number of aryl methyl sites for hydroxylation is 1. The summed E-state index contributed by atoms with van der Waals surface area (Å²) in [6, 6.07) is 12.7. The minimum absolute atomic E-state index is 0.00260. The number of nitrogens with zero attached hydrogens (tertiary/aromatic N) is 5. The number of sulfonamides is 1. The lowest BCUT2D eigenvalue weighted by Gasteiger charge is -2.08. The summed E-state index contributed by atoms with van der Waals surface area (Å²) in [5, 5.41) is 19.7. The van der Waals surface area contributed by atoms with Crippen LogP contribution in [-0.2, 0) is 14.8 Å². The highest BCUT2D eigenvalue weighted by Crippen LogP contribution is 2.30. The van der Waals surface area contributed by atoms with E-state index in [9.17, 15) is 13.2 Å². The molecule has 0 atom stereocenters. The lowest BCUT2D eigenvalue weighted by Crippen LogP contribution is -2.15. The molecular formula is C22H17N7O5S3. The third kappa shape index (κ3) is 5.84. The number of hydrogen-bond donors (Lipinski definition) is 2. The molecule has 15 heteroatoms. The van der Waals surface area contributed by atoms with Crippen LogP contribution in [0.1, 0.15) is 5.01 Å². The van der Waals surface area contributed by atoms with E-state index in [1.54, 1.807) is 31.2 Å². The molecule has 4 aromatic heterocycles. The van der Waals surface area contributed by atoms with Crippen LogP contribution in [0.5, 0.6) is 0 Å². The van der Waals surface area contributed by atoms with E-state index >= 15 is 0 Å². The molecule has 5 rings (SSSR count). The Morgan fingerprint density at radius 2 is 1.65 bits per heavy atom. The van der Waals surface area contributed by atoms with Gasteiger partial charge in [0.2, 0.25) is 16.2 Å². The predicted molar refractivity (Wildman–Crippen MR) is 136 cm³/mol. The van der Waals surface area contributed by atoms with Gasteiger partial charge in [0, 0.05) is 5.69 Å². The smallest absolute Gasteiger partial charge is 0.263 e. The molecule has 1 amide bonds. The number of nitrogens with one attached hydrogen (secondary N) is 2. The predicted octanol–water partition coefficient (Wildman–Crippen LogP) is 4.08. The van der Waals surface area contributed by atoms with E-state index < -0.39 is 10.0 Å². The Labute approximate surface area is 218 Å². The fourth-order valence-corrected chi connectivity index (χ4v) is 5.50. The molecule has 0 aliphatic rings. The number of aromatic nitrogens is 5. The van der Waals surface area contributed by atoms with Gasteiger partial charge in [0.15, 0.2) is 17.2 Å². The van der Waals surface area contributed by atoms with Gasteiger partial charge in [-0.25, -0.2) is 13.4 Å². The highest BCUT2D eigenvalue weighted by molar-refractivity contribution is 7.99. The normalized spacial score (nSPS) is 11.4. The average molecular weight is 556 g/mol. The molecule has 0 aliphatic carbocycles. The molecule has 188 valence electrons. The number of thioether (sulfide) groups is 1. The van der Waals surface area contributed by atoms with Crippen LogP contribution in [-0.4, -0.2) is 45.5 Å². The van der Waals surface area contributed by atoms with E-state index in [1.807, 2.05) is 0 Å². The summed E-state index contributed by atoms with van der Waals surface area (Å²) in [4.78, 5) is 17.0. The quantitative estimate of drug-likeness (QED) is 0.252. The first kappa shape index (κ1) is 24.6. The second kappa shape index (κ2) is 10.5. The average Bonchev–Trinajstić information content (AvgIpc) is 3.66. The molecule has 12 nitrogen and oxygen atoms in total. The first-order chi connectivity index (χ1) is 17.9. The third-order valence-electron chi connectivity index (χ3n) is 4.70. The van der Waals surface area contributed by atoms with Gasteiger partial charge in [0.1, 0.15) is 10.7 Å². The van der Waals surface area contributed by atoms with Crippen LogP contribution >= 0.6 is 23.1 Å². The fraction of sp³-hybridized carbons (Fsp3) is 0.0909. The molecule has 0 bridgehead atoms. The molecule has 2 N–H and O–H groups in total. The molecule has 0 unspecified atom stereocenters. The summed E-state index contributed by atoms with van der Waals surface area (Å²) < 4.78 is 38.3. The van der Waals surface area contributed by atoms with Crippen LogP contribution < -0.4 is 10.0 Å². The van der Waals surface area contributed by atoms with Crippen molar-refractivity contribution in [3.8, 4) is 22.9 Å². The summed E-state index contributed by atoms with van der Waals surface area (Å²) in [5.41, 5.74) is 1.28. The number of benzene rings is 1. The lowest BCUT2D eigenvalue weighted by molar-refractivity contribution is -0.113. The van der Waals surface area contributed by atoms with Crippen molar-refractivity contribution in [2.45, 2.75) is 17.0 Å². The van der Waals surface area contributed by atoms with Gasteiger partial charge in [0.25, 0.3) is 10.0 Å². The monoisotopic (exact) mass is 555 g/mol. The maximum atomic E-state index is 12.5. The third-order valence-corrected chi connectivity index (χ3v) is 7.78. The second-order valence-corrected chi connectivity index (χ2v) is 11.1. The Bertz CT molecular complexity index is 1620. The zero-order valence-electron chi connectivity index (χ0n) is 19.0. The molecule has 5 aromatic rings. The SMILES string of the molecule is Cc1nnc(NS(=O)(=O)c2ccc(NC(=O)CSc3nnc(-c4ccco4)c(-c4ccco4)n3)cc2)s1. The van der Waals surface area contributed by atoms with E-state index in [1.165, 1.54) is 36.8 Å². The molecule has 37 heavy (non-hydrogen) atoms. The van der Waals surface area contributed by atoms with E-state index in [2.05, 4.69) is 35.4 Å². The van der Waals surface area contributed by atoms with Gasteiger partial charge in [-0.15, -0.1) is 20.4 Å². The van der Waals surface area contributed by atoms with Crippen LogP contribution in [0, 0.1) is 6.92 Å². The Kier molecular flexibility index (Phi) is 6.98. The summed E-state index contributed by atoms with van der Waals surface area (Å²) in [6.45, 7) is 1.72. The number of anilines is 2. The van der Waals surface area contributed by atoms with Crippen molar-refractivity contribution in [2.24, 2.45) is 0 Å². The van der Waals surface area contributed by atoms with Gasteiger partial charge in [-0.2, -0.15) is 0 Å². The summed E-state index contributed by atoms with van der Waals surface area (Å²) in [5.74, 6) is 0.636. The number of furan rings is 2. The molecule has 0 saturated heterocycles. The van der Waals surface area contributed by atoms with Crippen LogP contribution in [0.15, 0.2) is 79.9 Å². The summed E-state index contributed by atoms with van der Waals surface area (Å²) >= 11 is 2.22. The highest BCUT2D eigenvalue weighted by atomic mass is 32.2. The van der Waals surface area contributed by atoms with Crippen LogP contribution in [0.25, 0.3) is 22.9 Å². The summed E-state index contributed by atoms with van der Waals surface area (Å²) in [6.07, 6.45) is 3.04. The molecule has 1 aromatic carbocycles. The minimum atomic E-state index is -3.83. The first-order valence-corrected chi connectivity index (χ1v) is 13.8. The zero-order valence-corrected chi connectivity index (χ0v) is 21.4. The Morgan fingerprint density at radius 3 is 2.27 bits per heavy atom. The fourth-order valence-electron chi connectivity index (χ4n) is 3.09. The highest BCUT2D eigenvalue weighted by Gasteiger charge is 2.19. The Balaban J connectivity index is 1.22. The largest absolute Gasteiger partial charge is 0.463 e. The number of amides is 1. The molecule has 0 aliphatic heterocycles. The van der Waals surface area contributed by atoms with Gasteiger partial charge < -0.3 is 14.2 Å². The van der Waals surface area contributed by atoms with E-state index in [0.717, 1.165) is 23.1 Å². The molecule has 0 spiro atoms. The van der Waals surface area contributed by atoms with Gasteiger partial charge in [-0.3, -0.25) is 9.52 Å². The topological polar surface area (TPSA) is 166 Å². The minimum Gasteiger partial charge on any atom is -0.463 e. The van der Waals surface area contributed by atoms with Crippen molar-refractivity contribution in [1.82, 2.24) is 25.4 Å². The van der Waals surface area contributed by atoms with Crippen molar-refractivity contribution in [3.05, 3.63) is 66.1 Å². The van der Waals surface area contributed by atoms with Crippen molar-refractivity contribution in [3.63, 3.8) is 0 Å². The van der Waals surface area contributed by atoms with Crippen molar-refractivity contribution < 1.29 is 22.0 Å². The number of carbonyl (C=O) groups is 1. The number of carbonyl (C=O) groups excluding carboxylic acids is 1. The molecule has 4 heterocycles. The molecule has 0 saturated carbocycles. The molecule has 0 radical (unpaired) electrons. The standard InChI is InChI=1S/C22H17N7O5S3/c1-13-25-28-22(36-13)29-37(31,32)15-8-6-14(7-9-15)23-18(30)12-35-21-24-19(16-4-2-10-33-16)20(26-27-21)17-5-3-11-34-17/h2-11H,12H2,1H3,(H,23,30)(H,28,29). The Hall–Kier alpha value is -4.08. The van der Waals surface area contributed by atoms with Crippen LogP contribution in [0.2, 0.25) is 0 Å². The van der Waals surface area contributed by atoms with Crippen LogP contribution in [0.4, 0.5) is 10.8 Å². The molecule has 0 fully saturated rings. The van der Waals surface area contributed by atoms with Gasteiger partial charge in [-0.05, 0) is 55.5 Å². The lowest BCUT2D eigenvalue weighted by atomic mass is 10.2. The van der Waals surface area contributed by atoms with Gasteiger partial charge in [0.05, 0.1) is 23.2 Å². The second-order valence-electron chi connectivity index (χ2n) is 7.34. The van der Waals surface area contributed by atoms with Crippen LogP contribution in [0.3, 0.4) is 0 Å². The number of hydrogen-bond acceptors (Lipinski definition) is 12. The van der Waals surface area contributed by atoms with E-state index in [-0.39, 0.29) is 26.8 Å². The zero-order chi connectivity index (χ0) is 25.8. The van der Waals surface area contributed by atoms with Crippen molar-refractivity contribution in [2.75, 3.05) is 15.8 Å². The summed E-state index contributed by atoms with van der Waals surface area (Å²) in [7, 11) is -3.83. The first-order valence-electron chi connectivity index (χ1n) is 10.6. The van der Waals surface area contributed by atoms with Gasteiger partial charge in [-0.1, -0.05) is 23.1 Å². The van der Waals surface area contributed by atoms with E-state index in [0.29, 0.717) is 33.6 Å².